The summed E-state index contributed by atoms with van der Waals surface area (Å²) in [6.07, 6.45) is 0. The van der Waals surface area contributed by atoms with E-state index in [0.29, 0.717) is 4.90 Å². The highest BCUT2D eigenvalue weighted by atomic mass is 32.2. The molecule has 0 aliphatic carbocycles. The average molecular weight is 393 g/mol. The first-order chi connectivity index (χ1) is 12.3. The maximum Gasteiger partial charge on any atom is 0.367 e. The molecule has 0 heterocycles. The van der Waals surface area contributed by atoms with Crippen molar-refractivity contribution in [1.29, 1.82) is 0 Å². The molecule has 0 amide bonds. The monoisotopic (exact) mass is 393 g/mol. The molecule has 0 aliphatic heterocycles. The van der Waals surface area contributed by atoms with Crippen molar-refractivity contribution < 1.29 is 22.2 Å². The molecule has 2 aromatic rings. The van der Waals surface area contributed by atoms with Gasteiger partial charge in [0.15, 0.2) is 0 Å². The number of oxime groups is 1. The lowest BCUT2D eigenvalue weighted by atomic mass is 10.2. The number of rotatable bonds is 5. The van der Waals surface area contributed by atoms with E-state index in [1.54, 1.807) is 31.2 Å². The molecule has 0 radical (unpaired) electrons. The molecule has 138 valence electrons. The minimum atomic E-state index is -4.13. The summed E-state index contributed by atoms with van der Waals surface area (Å²) >= 11 is 0.970. The van der Waals surface area contributed by atoms with Crippen LogP contribution >= 0.6 is 11.8 Å². The van der Waals surface area contributed by atoms with Gasteiger partial charge in [0.2, 0.25) is 5.04 Å². The van der Waals surface area contributed by atoms with Crippen molar-refractivity contribution in [2.45, 2.75) is 30.6 Å². The fraction of sp³-hybridized carbons (Fsp3) is 0.222. The van der Waals surface area contributed by atoms with Gasteiger partial charge in [0.25, 0.3) is 0 Å². The SMILES string of the molecule is CCOC(=O)/C(=N/OS(=O)(=O)c1ccc(C)cc1)Sc1ccc(C)cc1. The normalized spacial score (nSPS) is 11.9. The minimum Gasteiger partial charge on any atom is -0.461 e. The van der Waals surface area contributed by atoms with Crippen LogP contribution in [-0.4, -0.2) is 26.0 Å². The molecule has 0 atom stereocenters. The number of thioether (sulfide) groups is 1. The second-order valence-electron chi connectivity index (χ2n) is 5.37. The lowest BCUT2D eigenvalue weighted by molar-refractivity contribution is -0.134. The van der Waals surface area contributed by atoms with Gasteiger partial charge in [-0.2, -0.15) is 8.42 Å². The highest BCUT2D eigenvalue weighted by Gasteiger charge is 2.20. The number of hydrogen-bond donors (Lipinski definition) is 0. The molecule has 8 heteroatoms. The van der Waals surface area contributed by atoms with Crippen LogP contribution < -0.4 is 0 Å². The summed E-state index contributed by atoms with van der Waals surface area (Å²) in [4.78, 5) is 12.7. The van der Waals surface area contributed by atoms with E-state index in [0.717, 1.165) is 22.9 Å². The number of ether oxygens (including phenoxy) is 1. The highest BCUT2D eigenvalue weighted by Crippen LogP contribution is 2.22. The lowest BCUT2D eigenvalue weighted by Gasteiger charge is -2.07. The number of aryl methyl sites for hydroxylation is 2. The molecule has 0 unspecified atom stereocenters. The van der Waals surface area contributed by atoms with Crippen molar-refractivity contribution in [3.8, 4) is 0 Å². The maximum absolute atomic E-state index is 12.2. The van der Waals surface area contributed by atoms with Crippen LogP contribution in [0.15, 0.2) is 63.5 Å². The fourth-order valence-electron chi connectivity index (χ4n) is 1.84. The van der Waals surface area contributed by atoms with Crippen LogP contribution in [0, 0.1) is 13.8 Å². The zero-order valence-corrected chi connectivity index (χ0v) is 16.3. The van der Waals surface area contributed by atoms with Gasteiger partial charge in [0, 0.05) is 4.90 Å². The predicted molar refractivity (Wildman–Crippen MR) is 101 cm³/mol. The van der Waals surface area contributed by atoms with Gasteiger partial charge in [-0.1, -0.05) is 52.3 Å². The summed E-state index contributed by atoms with van der Waals surface area (Å²) in [5.41, 5.74) is 1.97. The van der Waals surface area contributed by atoms with Crippen molar-refractivity contribution >= 4 is 32.9 Å². The Morgan fingerprint density at radius 1 is 1.00 bits per heavy atom. The van der Waals surface area contributed by atoms with Crippen molar-refractivity contribution in [2.24, 2.45) is 5.16 Å². The zero-order chi connectivity index (χ0) is 19.2. The molecule has 0 spiro atoms. The molecule has 0 aromatic heterocycles. The van der Waals surface area contributed by atoms with E-state index in [1.807, 2.05) is 26.0 Å². The van der Waals surface area contributed by atoms with E-state index in [1.165, 1.54) is 12.1 Å². The van der Waals surface area contributed by atoms with Gasteiger partial charge in [-0.05, 0) is 45.0 Å². The third-order valence-electron chi connectivity index (χ3n) is 3.21. The molecular weight excluding hydrogens is 374 g/mol. The minimum absolute atomic E-state index is 0.0459. The van der Waals surface area contributed by atoms with Crippen molar-refractivity contribution in [3.63, 3.8) is 0 Å². The number of esters is 1. The Balaban J connectivity index is 2.24. The molecule has 0 fully saturated rings. The molecule has 0 saturated carbocycles. The van der Waals surface area contributed by atoms with Crippen molar-refractivity contribution in [3.05, 3.63) is 59.7 Å². The van der Waals surface area contributed by atoms with Crippen LogP contribution in [0.4, 0.5) is 0 Å². The quantitative estimate of drug-likeness (QED) is 0.253. The Labute approximate surface area is 157 Å². The van der Waals surface area contributed by atoms with Crippen molar-refractivity contribution in [2.75, 3.05) is 6.61 Å². The summed E-state index contributed by atoms with van der Waals surface area (Å²) in [5, 5.41) is 3.35. The van der Waals surface area contributed by atoms with E-state index in [2.05, 4.69) is 5.16 Å². The summed E-state index contributed by atoms with van der Waals surface area (Å²) in [7, 11) is -4.13. The van der Waals surface area contributed by atoms with E-state index >= 15 is 0 Å². The molecular formula is C18H19NO5S2. The van der Waals surface area contributed by atoms with Crippen LogP contribution in [0.25, 0.3) is 0 Å². The summed E-state index contributed by atoms with van der Waals surface area (Å²) < 4.78 is 34.1. The Hall–Kier alpha value is -2.32. The Kier molecular flexibility index (Phi) is 6.82. The predicted octanol–water partition coefficient (Wildman–Crippen LogP) is 3.68. The van der Waals surface area contributed by atoms with E-state index in [-0.39, 0.29) is 16.5 Å². The fourth-order valence-corrected chi connectivity index (χ4v) is 3.33. The largest absolute Gasteiger partial charge is 0.461 e. The van der Waals surface area contributed by atoms with Gasteiger partial charge in [0.05, 0.1) is 6.61 Å². The summed E-state index contributed by atoms with van der Waals surface area (Å²) in [6, 6.07) is 13.5. The first-order valence-corrected chi connectivity index (χ1v) is 10.0. The Morgan fingerprint density at radius 2 is 1.54 bits per heavy atom. The maximum atomic E-state index is 12.2. The van der Waals surface area contributed by atoms with Gasteiger partial charge >= 0.3 is 16.1 Å². The molecule has 26 heavy (non-hydrogen) atoms. The topological polar surface area (TPSA) is 82.0 Å². The smallest absolute Gasteiger partial charge is 0.367 e. The number of carbonyl (C=O) groups is 1. The van der Waals surface area contributed by atoms with Crippen LogP contribution in [-0.2, 0) is 23.9 Å². The first-order valence-electron chi connectivity index (χ1n) is 7.82. The number of benzene rings is 2. The Morgan fingerprint density at radius 3 is 2.08 bits per heavy atom. The number of nitrogens with zero attached hydrogens (tertiary/aromatic N) is 1. The molecule has 0 saturated heterocycles. The van der Waals surface area contributed by atoms with E-state index < -0.39 is 16.1 Å². The average Bonchev–Trinajstić information content (AvgIpc) is 2.61. The van der Waals surface area contributed by atoms with Gasteiger partial charge in [-0.3, -0.25) is 4.28 Å². The summed E-state index contributed by atoms with van der Waals surface area (Å²) in [5.74, 6) is -0.753. The number of hydrogen-bond acceptors (Lipinski definition) is 7. The van der Waals surface area contributed by atoms with Crippen molar-refractivity contribution in [1.82, 2.24) is 0 Å². The lowest BCUT2D eigenvalue weighted by Crippen LogP contribution is -2.16. The van der Waals surface area contributed by atoms with Crippen LogP contribution in [0.3, 0.4) is 0 Å². The second-order valence-corrected chi connectivity index (χ2v) is 7.96. The van der Waals surface area contributed by atoms with Gasteiger partial charge in [-0.15, -0.1) is 0 Å². The molecule has 0 bridgehead atoms. The zero-order valence-electron chi connectivity index (χ0n) is 14.6. The molecule has 0 N–H and O–H groups in total. The molecule has 0 aliphatic rings. The summed E-state index contributed by atoms with van der Waals surface area (Å²) in [6.45, 7) is 5.56. The third kappa shape index (κ3) is 5.60. The standard InChI is InChI=1S/C18H19NO5S2/c1-4-23-18(20)17(25-15-9-5-13(2)6-10-15)19-24-26(21,22)16-11-7-14(3)8-12-16/h5-12H,4H2,1-3H3/b19-17-. The highest BCUT2D eigenvalue weighted by molar-refractivity contribution is 8.15. The second kappa shape index (κ2) is 8.86. The van der Waals surface area contributed by atoms with Gasteiger partial charge in [0.1, 0.15) is 4.90 Å². The van der Waals surface area contributed by atoms with Gasteiger partial charge in [-0.25, -0.2) is 4.79 Å². The molecule has 2 aromatic carbocycles. The van der Waals surface area contributed by atoms with Crippen LogP contribution in [0.2, 0.25) is 0 Å². The molecule has 6 nitrogen and oxygen atoms in total. The van der Waals surface area contributed by atoms with Crippen LogP contribution in [0.5, 0.6) is 0 Å². The van der Waals surface area contributed by atoms with Crippen LogP contribution in [0.1, 0.15) is 18.1 Å². The Bertz CT molecular complexity index is 888. The van der Waals surface area contributed by atoms with E-state index in [4.69, 9.17) is 9.02 Å². The third-order valence-corrected chi connectivity index (χ3v) is 5.28. The van der Waals surface area contributed by atoms with E-state index in [9.17, 15) is 13.2 Å². The number of carbonyl (C=O) groups excluding carboxylic acids is 1. The first kappa shape index (κ1) is 20.0. The van der Waals surface area contributed by atoms with Gasteiger partial charge < -0.3 is 4.74 Å². The molecule has 2 rings (SSSR count).